The van der Waals surface area contributed by atoms with Crippen LogP contribution >= 0.6 is 39.7 Å². The second-order valence-corrected chi connectivity index (χ2v) is 17.0. The molecule has 0 bridgehead atoms. The summed E-state index contributed by atoms with van der Waals surface area (Å²) >= 11 is 0. The monoisotopic (exact) mass is 675 g/mol. The highest BCUT2D eigenvalue weighted by molar-refractivity contribution is 7.55. The molecule has 0 spiro atoms. The minimum atomic E-state index is -5.08. The number of unbranched alkanes of at least 4 members (excludes halogenated alkanes) is 6. The molecule has 0 N–H and O–H groups in total. The summed E-state index contributed by atoms with van der Waals surface area (Å²) in [6.45, 7) is 0.151. The Hall–Kier alpha value is 1.43. The van der Waals surface area contributed by atoms with Crippen molar-refractivity contribution in [2.75, 3.05) is 57.6 Å². The molecule has 0 atom stereocenters. The summed E-state index contributed by atoms with van der Waals surface area (Å²) in [7, 11) is -25.2. The van der Waals surface area contributed by atoms with E-state index in [0.717, 1.165) is 9.80 Å². The summed E-state index contributed by atoms with van der Waals surface area (Å²) in [4.78, 5) is 168. The first-order valence-corrected chi connectivity index (χ1v) is 20.8. The molecule has 0 fully saturated rings. The lowest BCUT2D eigenvalue weighted by Crippen LogP contribution is -2.47. The van der Waals surface area contributed by atoms with Gasteiger partial charge in [0.2, 0.25) is 0 Å². The Kier molecular flexibility index (Phi) is 19.7. The van der Waals surface area contributed by atoms with Crippen LogP contribution in [0.1, 0.15) is 51.4 Å². The van der Waals surface area contributed by atoms with Crippen LogP contribution < -0.4 is 73.4 Å². The zero-order chi connectivity index (χ0) is 31.3. The third kappa shape index (κ3) is 29.5. The third-order valence-corrected chi connectivity index (χ3v) is 9.00. The molecule has 0 saturated heterocycles. The molecular weight excluding hydrogens is 641 g/mol. The summed E-state index contributed by atoms with van der Waals surface area (Å²) in [6, 6.07) is 0. The predicted molar refractivity (Wildman–Crippen MR) is 121 cm³/mol. The van der Waals surface area contributed by atoms with Crippen LogP contribution in [-0.2, 0) is 0 Å². The predicted octanol–water partition coefficient (Wildman–Crippen LogP) is -11.0. The Balaban J connectivity index is 4.47. The maximum atomic E-state index is 11.2. The van der Waals surface area contributed by atoms with Crippen molar-refractivity contribution in [3.8, 4) is 0 Å². The molecule has 0 rings (SSSR count). The fourth-order valence-electron chi connectivity index (χ4n) is 3.90. The molecule has 0 radical (unpaired) electrons. The lowest BCUT2D eigenvalue weighted by atomic mass is 10.1. The van der Waals surface area contributed by atoms with Gasteiger partial charge in [-0.25, -0.2) is 9.80 Å². The fourth-order valence-corrected chi connectivity index (χ4v) is 7.91. The molecule has 0 aromatic rings. The van der Waals surface area contributed by atoms with Crippen LogP contribution in [0.5, 0.6) is 0 Å². The van der Waals surface area contributed by atoms with Crippen LogP contribution in [0.3, 0.4) is 0 Å². The molecule has 0 aliphatic carbocycles. The molecule has 0 aliphatic heterocycles. The molecule has 0 unspecified atom stereocenters. The van der Waals surface area contributed by atoms with Crippen molar-refractivity contribution in [2.45, 2.75) is 51.4 Å². The quantitative estimate of drug-likeness (QED) is 0.0676. The minimum Gasteiger partial charge on any atom is -0.687 e. The number of hydrogen-bond donors (Lipinski definition) is 0. The van der Waals surface area contributed by atoms with Crippen molar-refractivity contribution in [1.29, 1.82) is 0 Å². The second kappa shape index (κ2) is 19.1. The van der Waals surface area contributed by atoms with Gasteiger partial charge in [-0.3, -0.25) is 4.90 Å². The molecule has 242 valence electrons. The Morgan fingerprint density at radius 3 is 0.625 bits per heavy atom. The van der Waals surface area contributed by atoms with Gasteiger partial charge in [0.05, 0.1) is 31.4 Å². The topological polar surface area (TPSA) is 356 Å². The van der Waals surface area contributed by atoms with E-state index in [1.165, 1.54) is 4.90 Å². The van der Waals surface area contributed by atoms with Gasteiger partial charge >= 0.3 is 0 Å². The van der Waals surface area contributed by atoms with Crippen molar-refractivity contribution < 1.29 is 73.4 Å². The van der Waals surface area contributed by atoms with Gasteiger partial charge in [-0.2, -0.15) is 0 Å². The lowest BCUT2D eigenvalue weighted by Gasteiger charge is -2.49. The van der Waals surface area contributed by atoms with Crippen LogP contribution in [0.25, 0.3) is 0 Å². The van der Waals surface area contributed by atoms with Crippen molar-refractivity contribution >= 4 is 39.7 Å². The molecular formula is C17H34N3O15P5-10. The van der Waals surface area contributed by atoms with Crippen molar-refractivity contribution in [3.63, 3.8) is 0 Å². The molecule has 0 aromatic heterocycles. The Bertz CT molecular complexity index is 591. The largest absolute Gasteiger partial charge is 0.687 e. The maximum absolute atomic E-state index is 11.2. The van der Waals surface area contributed by atoms with Crippen LogP contribution in [0.15, 0.2) is 0 Å². The van der Waals surface area contributed by atoms with Gasteiger partial charge in [0.25, 0.3) is 0 Å². The molecule has 0 heterocycles. The van der Waals surface area contributed by atoms with Crippen LogP contribution in [0.2, 0.25) is 0 Å². The maximum Gasteiger partial charge on any atom is 0.0970 e. The highest BCUT2D eigenvalue weighted by Crippen LogP contribution is 2.36. The Morgan fingerprint density at radius 2 is 0.425 bits per heavy atom. The van der Waals surface area contributed by atoms with Crippen LogP contribution in [0.4, 0.5) is 0 Å². The summed E-state index contributed by atoms with van der Waals surface area (Å²) in [5.74, 6) is 0. The Morgan fingerprint density at radius 1 is 0.250 bits per heavy atom. The Labute approximate surface area is 236 Å². The minimum absolute atomic E-state index is 0.136. The van der Waals surface area contributed by atoms with E-state index in [1.54, 1.807) is 0 Å². The smallest absolute Gasteiger partial charge is 0.0970 e. The van der Waals surface area contributed by atoms with E-state index >= 15 is 0 Å². The van der Waals surface area contributed by atoms with E-state index in [4.69, 9.17) is 0 Å². The van der Waals surface area contributed by atoms with E-state index in [0.29, 0.717) is 38.5 Å². The van der Waals surface area contributed by atoms with Crippen LogP contribution in [0, 0.1) is 0 Å². The molecule has 0 aliphatic rings. The zero-order valence-corrected chi connectivity index (χ0v) is 26.2. The fraction of sp³-hybridized carbons (Fsp3) is 1.00. The number of rotatable bonds is 24. The molecule has 18 nitrogen and oxygen atoms in total. The van der Waals surface area contributed by atoms with Gasteiger partial charge in [-0.1, -0.05) is 25.7 Å². The summed E-state index contributed by atoms with van der Waals surface area (Å²) in [5.41, 5.74) is 0. The molecule has 23 heteroatoms. The molecule has 0 aromatic carbocycles. The number of nitrogens with zero attached hydrogens (tertiary/aromatic N) is 3. The SMILES string of the molecule is [O-][P+]([O-])([O-])CN(CCCCCCN(C[P+]([O-])([O-])[O-])C[P+]([O-])([O-])[O-])CCCCCCN(C[P+]([O-])([O-])[O-])C[P+]([O-])([O-])[O-]. The van der Waals surface area contributed by atoms with Gasteiger partial charge in [0.1, 0.15) is 0 Å². The summed E-state index contributed by atoms with van der Waals surface area (Å²) in [5, 5.41) is 0. The van der Waals surface area contributed by atoms with Crippen LogP contribution in [-0.4, -0.2) is 72.3 Å². The summed E-state index contributed by atoms with van der Waals surface area (Å²) < 4.78 is 0. The third-order valence-electron chi connectivity index (χ3n) is 5.26. The normalized spacial score (nSPS) is 14.2. The van der Waals surface area contributed by atoms with Gasteiger partial charge in [0.15, 0.2) is 0 Å². The van der Waals surface area contributed by atoms with Gasteiger partial charge in [-0.05, 0) is 25.7 Å². The molecule has 0 amide bonds. The summed E-state index contributed by atoms with van der Waals surface area (Å²) in [6.07, 6.45) is -1.99. The zero-order valence-electron chi connectivity index (χ0n) is 21.7. The van der Waals surface area contributed by atoms with Crippen molar-refractivity contribution in [3.05, 3.63) is 0 Å². The van der Waals surface area contributed by atoms with Crippen molar-refractivity contribution in [1.82, 2.24) is 14.7 Å². The van der Waals surface area contributed by atoms with E-state index in [9.17, 15) is 73.4 Å². The molecule has 40 heavy (non-hydrogen) atoms. The van der Waals surface area contributed by atoms with E-state index in [2.05, 4.69) is 0 Å². The number of hydrogen-bond acceptors (Lipinski definition) is 18. The standard InChI is InChI=1S/C17H44N3O15P5/c21-36(22,23)13-18(9-5-1-3-7-11-19(14-37(24,25)26)15-38(27,28)29)10-6-2-4-8-12-20(16-39(30,31)32)17-40(33,34)35/h1-17H2,(H2,21,22,23)(H2,24,25,26)(H2,27,28,29)(H2,30,31,32)(H2,33,34,35)/p-10. The van der Waals surface area contributed by atoms with E-state index in [-0.39, 0.29) is 39.0 Å². The average Bonchev–Trinajstić information content (AvgIpc) is 2.66. The second-order valence-electron chi connectivity index (χ2n) is 9.50. The first-order valence-electron chi connectivity index (χ1n) is 12.2. The highest BCUT2D eigenvalue weighted by Gasteiger charge is 2.16. The van der Waals surface area contributed by atoms with E-state index < -0.39 is 71.1 Å². The lowest BCUT2D eigenvalue weighted by molar-refractivity contribution is -0.436. The van der Waals surface area contributed by atoms with Gasteiger partial charge in [-0.15, -0.1) is 39.7 Å². The van der Waals surface area contributed by atoms with E-state index in [1.807, 2.05) is 0 Å². The molecule has 0 saturated carbocycles. The first-order chi connectivity index (χ1) is 17.9. The first kappa shape index (κ1) is 41.4. The average molecular weight is 675 g/mol. The van der Waals surface area contributed by atoms with Gasteiger partial charge in [0, 0.05) is 26.2 Å². The van der Waals surface area contributed by atoms with Crippen molar-refractivity contribution in [2.24, 2.45) is 0 Å². The van der Waals surface area contributed by atoms with Gasteiger partial charge < -0.3 is 73.4 Å². The highest BCUT2D eigenvalue weighted by atomic mass is 31.2.